The third kappa shape index (κ3) is 3.61. The average Bonchev–Trinajstić information content (AvgIpc) is 3.29. The van der Waals surface area contributed by atoms with E-state index in [0.717, 1.165) is 9.91 Å². The number of fused-ring (bicyclic) bond motifs is 1. The fourth-order valence-corrected chi connectivity index (χ4v) is 3.59. The number of benzene rings is 2. The number of nitrogens with one attached hydrogen (secondary N) is 1. The number of rotatable bonds is 6. The van der Waals surface area contributed by atoms with E-state index in [1.807, 2.05) is 0 Å². The lowest BCUT2D eigenvalue weighted by molar-refractivity contribution is -0.123. The van der Waals surface area contributed by atoms with Crippen LogP contribution in [-0.4, -0.2) is 55.6 Å². The number of methoxy groups -OCH3 is 2. The van der Waals surface area contributed by atoms with Gasteiger partial charge in [0.1, 0.15) is 12.4 Å². The summed E-state index contributed by atoms with van der Waals surface area (Å²) < 4.78 is 24.1. The Labute approximate surface area is 182 Å². The first kappa shape index (κ1) is 21.2. The standard InChI is InChI=1S/C21H20FN5O5/c1-11-4-5-12(8-14(11)22)23-17(28)10-26-19-18(24-25-26)20(29)27(21(19)30)13-6-7-15(31-2)16(9-13)32-3/h4-9,18-19H,10H2,1-3H3,(H,23,28). The molecule has 1 saturated heterocycles. The highest BCUT2D eigenvalue weighted by atomic mass is 19.1. The van der Waals surface area contributed by atoms with Gasteiger partial charge in [0.15, 0.2) is 23.6 Å². The molecule has 2 unspecified atom stereocenters. The molecule has 0 saturated carbocycles. The third-order valence-corrected chi connectivity index (χ3v) is 5.24. The molecule has 1 N–H and O–H groups in total. The first-order valence-electron chi connectivity index (χ1n) is 9.67. The van der Waals surface area contributed by atoms with Crippen molar-refractivity contribution in [1.29, 1.82) is 0 Å². The summed E-state index contributed by atoms with van der Waals surface area (Å²) in [5.41, 5.74) is 1.01. The largest absolute Gasteiger partial charge is 0.493 e. The zero-order valence-electron chi connectivity index (χ0n) is 17.5. The molecule has 2 aromatic carbocycles. The van der Waals surface area contributed by atoms with Crippen LogP contribution in [0.25, 0.3) is 0 Å². The monoisotopic (exact) mass is 441 g/mol. The SMILES string of the molecule is COc1ccc(N2C(=O)C3N=NN(CC(=O)Nc4ccc(C)c(F)c4)C3C2=O)cc1OC. The van der Waals surface area contributed by atoms with Gasteiger partial charge in [0.2, 0.25) is 5.91 Å². The van der Waals surface area contributed by atoms with Crippen LogP contribution in [0.3, 0.4) is 0 Å². The first-order chi connectivity index (χ1) is 15.3. The highest BCUT2D eigenvalue weighted by Gasteiger charge is 2.55. The van der Waals surface area contributed by atoms with Crippen molar-refractivity contribution in [3.05, 3.63) is 47.8 Å². The van der Waals surface area contributed by atoms with Crippen molar-refractivity contribution in [2.75, 3.05) is 31.0 Å². The fourth-order valence-electron chi connectivity index (χ4n) is 3.59. The van der Waals surface area contributed by atoms with Gasteiger partial charge in [-0.1, -0.05) is 11.3 Å². The summed E-state index contributed by atoms with van der Waals surface area (Å²) in [6, 6.07) is 6.84. The molecule has 2 heterocycles. The Balaban J connectivity index is 1.50. The Hall–Kier alpha value is -4.02. The Bertz CT molecular complexity index is 1140. The van der Waals surface area contributed by atoms with E-state index in [0.29, 0.717) is 22.7 Å². The minimum atomic E-state index is -1.06. The van der Waals surface area contributed by atoms with Crippen LogP contribution in [0.5, 0.6) is 11.5 Å². The predicted molar refractivity (Wildman–Crippen MR) is 111 cm³/mol. The van der Waals surface area contributed by atoms with Gasteiger partial charge in [-0.05, 0) is 36.8 Å². The molecule has 32 heavy (non-hydrogen) atoms. The predicted octanol–water partition coefficient (Wildman–Crippen LogP) is 2.08. The summed E-state index contributed by atoms with van der Waals surface area (Å²) in [6.07, 6.45) is 0. The molecule has 4 rings (SSSR count). The average molecular weight is 441 g/mol. The highest BCUT2D eigenvalue weighted by Crippen LogP contribution is 2.36. The smallest absolute Gasteiger partial charge is 0.263 e. The lowest BCUT2D eigenvalue weighted by Gasteiger charge is -2.20. The summed E-state index contributed by atoms with van der Waals surface area (Å²) in [4.78, 5) is 39.4. The first-order valence-corrected chi connectivity index (χ1v) is 9.67. The van der Waals surface area contributed by atoms with E-state index >= 15 is 0 Å². The van der Waals surface area contributed by atoms with Gasteiger partial charge in [-0.3, -0.25) is 19.4 Å². The van der Waals surface area contributed by atoms with Gasteiger partial charge >= 0.3 is 0 Å². The normalized spacial score (nSPS) is 19.4. The van der Waals surface area contributed by atoms with Gasteiger partial charge in [0, 0.05) is 11.8 Å². The number of amides is 3. The maximum Gasteiger partial charge on any atom is 0.263 e. The molecule has 0 bridgehead atoms. The van der Waals surface area contributed by atoms with Crippen LogP contribution < -0.4 is 19.7 Å². The molecule has 0 radical (unpaired) electrons. The topological polar surface area (TPSA) is 113 Å². The molecule has 0 aliphatic carbocycles. The van der Waals surface area contributed by atoms with E-state index in [1.54, 1.807) is 25.1 Å². The van der Waals surface area contributed by atoms with Crippen LogP contribution in [0, 0.1) is 12.7 Å². The van der Waals surface area contributed by atoms with Crippen LogP contribution in [0.4, 0.5) is 15.8 Å². The number of halogens is 1. The molecule has 2 atom stereocenters. The zero-order chi connectivity index (χ0) is 23.0. The second kappa shape index (κ2) is 8.25. The lowest BCUT2D eigenvalue weighted by Crippen LogP contribution is -2.43. The fraction of sp³-hybridized carbons (Fsp3) is 0.286. The van der Waals surface area contributed by atoms with E-state index < -0.39 is 35.6 Å². The summed E-state index contributed by atoms with van der Waals surface area (Å²) in [6.45, 7) is 1.28. The van der Waals surface area contributed by atoms with Gasteiger partial charge in [0.05, 0.1) is 19.9 Å². The van der Waals surface area contributed by atoms with E-state index in [-0.39, 0.29) is 12.2 Å². The highest BCUT2D eigenvalue weighted by molar-refractivity contribution is 6.25. The summed E-state index contributed by atoms with van der Waals surface area (Å²) in [7, 11) is 2.92. The Morgan fingerprint density at radius 2 is 1.84 bits per heavy atom. The number of hydrogen-bond donors (Lipinski definition) is 1. The molecule has 11 heteroatoms. The minimum Gasteiger partial charge on any atom is -0.493 e. The van der Waals surface area contributed by atoms with Crippen LogP contribution in [0.2, 0.25) is 0 Å². The maximum absolute atomic E-state index is 13.7. The van der Waals surface area contributed by atoms with E-state index in [9.17, 15) is 18.8 Å². The van der Waals surface area contributed by atoms with E-state index in [2.05, 4.69) is 15.7 Å². The number of aryl methyl sites for hydroxylation is 1. The lowest BCUT2D eigenvalue weighted by atomic mass is 10.1. The Kier molecular flexibility index (Phi) is 5.47. The quantitative estimate of drug-likeness (QED) is 0.687. The van der Waals surface area contributed by atoms with Crippen LogP contribution >= 0.6 is 0 Å². The van der Waals surface area contributed by atoms with Gasteiger partial charge in [-0.2, -0.15) is 5.11 Å². The van der Waals surface area contributed by atoms with Crippen molar-refractivity contribution in [3.63, 3.8) is 0 Å². The molecule has 1 fully saturated rings. The number of imide groups is 1. The molecule has 166 valence electrons. The van der Waals surface area contributed by atoms with Crippen molar-refractivity contribution < 1.29 is 28.2 Å². The molecule has 0 aromatic heterocycles. The van der Waals surface area contributed by atoms with Gasteiger partial charge < -0.3 is 14.8 Å². The van der Waals surface area contributed by atoms with Crippen molar-refractivity contribution in [2.45, 2.75) is 19.0 Å². The number of anilines is 2. The zero-order valence-corrected chi connectivity index (χ0v) is 17.5. The molecule has 10 nitrogen and oxygen atoms in total. The Morgan fingerprint density at radius 1 is 1.09 bits per heavy atom. The second-order valence-electron chi connectivity index (χ2n) is 7.26. The van der Waals surface area contributed by atoms with E-state index in [4.69, 9.17) is 9.47 Å². The summed E-state index contributed by atoms with van der Waals surface area (Å²) in [5.74, 6) is -1.30. The van der Waals surface area contributed by atoms with Crippen LogP contribution in [0.1, 0.15) is 5.56 Å². The Morgan fingerprint density at radius 3 is 2.53 bits per heavy atom. The molecule has 2 aromatic rings. The molecule has 2 aliphatic rings. The van der Waals surface area contributed by atoms with Gasteiger partial charge in [0.25, 0.3) is 11.8 Å². The van der Waals surface area contributed by atoms with Gasteiger partial charge in [-0.15, -0.1) is 0 Å². The number of ether oxygens (including phenoxy) is 2. The van der Waals surface area contributed by atoms with Crippen molar-refractivity contribution in [1.82, 2.24) is 5.01 Å². The molecular formula is C21H20FN5O5. The molecular weight excluding hydrogens is 421 g/mol. The van der Waals surface area contributed by atoms with Gasteiger partial charge in [-0.25, -0.2) is 9.29 Å². The van der Waals surface area contributed by atoms with Crippen LogP contribution in [-0.2, 0) is 14.4 Å². The van der Waals surface area contributed by atoms with E-state index in [1.165, 1.54) is 32.4 Å². The number of hydrogen-bond acceptors (Lipinski definition) is 8. The summed E-state index contributed by atoms with van der Waals surface area (Å²) >= 11 is 0. The van der Waals surface area contributed by atoms with Crippen molar-refractivity contribution >= 4 is 29.1 Å². The molecule has 2 aliphatic heterocycles. The number of carbonyl (C=O) groups excluding carboxylic acids is 3. The second-order valence-corrected chi connectivity index (χ2v) is 7.26. The van der Waals surface area contributed by atoms with Crippen LogP contribution in [0.15, 0.2) is 46.7 Å². The van der Waals surface area contributed by atoms with Crippen molar-refractivity contribution in [2.24, 2.45) is 10.3 Å². The number of carbonyl (C=O) groups is 3. The summed E-state index contributed by atoms with van der Waals surface area (Å²) in [5, 5.41) is 11.4. The third-order valence-electron chi connectivity index (χ3n) is 5.24. The maximum atomic E-state index is 13.7. The number of nitrogens with zero attached hydrogens (tertiary/aromatic N) is 4. The minimum absolute atomic E-state index is 0.270. The molecule has 3 amide bonds. The van der Waals surface area contributed by atoms with Crippen molar-refractivity contribution in [3.8, 4) is 11.5 Å². The molecule has 0 spiro atoms.